The number of ether oxygens (including phenoxy) is 2. The molecule has 0 aliphatic heterocycles. The van der Waals surface area contributed by atoms with E-state index in [4.69, 9.17) is 13.9 Å². The maximum absolute atomic E-state index is 13.1. The van der Waals surface area contributed by atoms with Gasteiger partial charge in [-0.2, -0.15) is 0 Å². The summed E-state index contributed by atoms with van der Waals surface area (Å²) in [6, 6.07) is 21.6. The van der Waals surface area contributed by atoms with Gasteiger partial charge < -0.3 is 24.5 Å². The first-order valence-corrected chi connectivity index (χ1v) is 10.2. The summed E-state index contributed by atoms with van der Waals surface area (Å²) in [5.41, 5.74) is 2.09. The number of fused-ring (bicyclic) bond motifs is 1. The van der Waals surface area contributed by atoms with Gasteiger partial charge in [-0.25, -0.2) is 0 Å². The normalized spacial score (nSPS) is 10.8. The van der Waals surface area contributed by atoms with Crippen LogP contribution in [0.4, 0.5) is 11.4 Å². The van der Waals surface area contributed by atoms with E-state index in [1.54, 1.807) is 49.6 Å². The Morgan fingerprint density at radius 2 is 1.64 bits per heavy atom. The number of para-hydroxylation sites is 1. The van der Waals surface area contributed by atoms with Crippen LogP contribution in [0.1, 0.15) is 16.1 Å². The average molecular weight is 442 g/mol. The zero-order valence-electron chi connectivity index (χ0n) is 18.1. The Kier molecular flexibility index (Phi) is 6.40. The molecule has 2 amide bonds. The van der Waals surface area contributed by atoms with Crippen LogP contribution in [-0.2, 0) is 4.79 Å². The highest BCUT2D eigenvalue weighted by Crippen LogP contribution is 2.33. The highest BCUT2D eigenvalue weighted by molar-refractivity contribution is 6.16. The predicted octanol–water partition coefficient (Wildman–Crippen LogP) is 5.35. The Morgan fingerprint density at radius 3 is 2.39 bits per heavy atom. The lowest BCUT2D eigenvalue weighted by atomic mass is 10.2. The zero-order valence-corrected chi connectivity index (χ0v) is 18.1. The third-order valence-corrected chi connectivity index (χ3v) is 4.93. The molecule has 0 radical (unpaired) electrons. The van der Waals surface area contributed by atoms with E-state index >= 15 is 0 Å². The first-order valence-electron chi connectivity index (χ1n) is 10.2. The molecule has 0 saturated heterocycles. The quantitative estimate of drug-likeness (QED) is 0.377. The molecule has 1 aromatic heterocycles. The van der Waals surface area contributed by atoms with Crippen LogP contribution in [0.15, 0.2) is 83.3 Å². The average Bonchev–Trinajstić information content (AvgIpc) is 3.22. The number of benzene rings is 3. The first-order chi connectivity index (χ1) is 16.1. The van der Waals surface area contributed by atoms with Crippen molar-refractivity contribution in [2.75, 3.05) is 24.9 Å². The van der Waals surface area contributed by atoms with Gasteiger partial charge in [0.2, 0.25) is 11.7 Å². The molecule has 0 fully saturated rings. The number of amides is 2. The van der Waals surface area contributed by atoms with Crippen LogP contribution >= 0.6 is 0 Å². The molecule has 4 rings (SSSR count). The van der Waals surface area contributed by atoms with Crippen LogP contribution in [0, 0.1) is 0 Å². The second kappa shape index (κ2) is 9.74. The maximum Gasteiger partial charge on any atom is 0.293 e. The molecule has 0 saturated carbocycles. The molecule has 4 aromatic rings. The van der Waals surface area contributed by atoms with E-state index in [-0.39, 0.29) is 11.7 Å². The fourth-order valence-electron chi connectivity index (χ4n) is 3.31. The van der Waals surface area contributed by atoms with Crippen molar-refractivity contribution < 1.29 is 23.5 Å². The molecule has 1 heterocycles. The number of hydrogen-bond acceptors (Lipinski definition) is 5. The van der Waals surface area contributed by atoms with Crippen molar-refractivity contribution in [3.63, 3.8) is 0 Å². The van der Waals surface area contributed by atoms with E-state index in [0.717, 1.165) is 5.56 Å². The SMILES string of the molecule is COc1ccc(NC(=O)c2oc3ccccc3c2NC(=O)/C=C/c2ccccc2)c(OC)c1. The summed E-state index contributed by atoms with van der Waals surface area (Å²) in [4.78, 5) is 25.8. The molecule has 3 aromatic carbocycles. The number of furan rings is 1. The van der Waals surface area contributed by atoms with Gasteiger partial charge in [0, 0.05) is 17.5 Å². The van der Waals surface area contributed by atoms with E-state index in [0.29, 0.717) is 33.8 Å². The van der Waals surface area contributed by atoms with Crippen molar-refractivity contribution in [3.05, 3.63) is 90.2 Å². The monoisotopic (exact) mass is 442 g/mol. The number of methoxy groups -OCH3 is 2. The summed E-state index contributed by atoms with van der Waals surface area (Å²) in [5.74, 6) is 0.0796. The van der Waals surface area contributed by atoms with Crippen LogP contribution in [0.25, 0.3) is 17.0 Å². The summed E-state index contributed by atoms with van der Waals surface area (Å²) in [5, 5.41) is 6.18. The number of nitrogens with one attached hydrogen (secondary N) is 2. The van der Waals surface area contributed by atoms with Gasteiger partial charge in [0.15, 0.2) is 0 Å². The fourth-order valence-corrected chi connectivity index (χ4v) is 3.31. The molecule has 0 bridgehead atoms. The fraction of sp³-hybridized carbons (Fsp3) is 0.0769. The summed E-state index contributed by atoms with van der Waals surface area (Å²) >= 11 is 0. The van der Waals surface area contributed by atoms with Gasteiger partial charge in [-0.15, -0.1) is 0 Å². The third-order valence-electron chi connectivity index (χ3n) is 4.93. The molecule has 7 heteroatoms. The van der Waals surface area contributed by atoms with E-state index in [2.05, 4.69) is 10.6 Å². The largest absolute Gasteiger partial charge is 0.497 e. The van der Waals surface area contributed by atoms with E-state index in [1.807, 2.05) is 36.4 Å². The van der Waals surface area contributed by atoms with E-state index < -0.39 is 5.91 Å². The van der Waals surface area contributed by atoms with Gasteiger partial charge in [0.1, 0.15) is 22.8 Å². The Balaban J connectivity index is 1.63. The smallest absolute Gasteiger partial charge is 0.293 e. The van der Waals surface area contributed by atoms with Crippen LogP contribution < -0.4 is 20.1 Å². The highest BCUT2D eigenvalue weighted by Gasteiger charge is 2.23. The number of hydrogen-bond donors (Lipinski definition) is 2. The van der Waals surface area contributed by atoms with E-state index in [9.17, 15) is 9.59 Å². The lowest BCUT2D eigenvalue weighted by Gasteiger charge is -2.11. The van der Waals surface area contributed by atoms with Gasteiger partial charge in [-0.1, -0.05) is 42.5 Å². The molecule has 7 nitrogen and oxygen atoms in total. The van der Waals surface area contributed by atoms with Crippen molar-refractivity contribution in [1.29, 1.82) is 0 Å². The van der Waals surface area contributed by atoms with Gasteiger partial charge >= 0.3 is 0 Å². The molecule has 0 atom stereocenters. The van der Waals surface area contributed by atoms with Gasteiger partial charge in [0.05, 0.1) is 19.9 Å². The minimum atomic E-state index is -0.531. The lowest BCUT2D eigenvalue weighted by Crippen LogP contribution is -2.16. The van der Waals surface area contributed by atoms with Crippen molar-refractivity contribution in [2.24, 2.45) is 0 Å². The summed E-state index contributed by atoms with van der Waals surface area (Å²) in [7, 11) is 3.04. The number of rotatable bonds is 7. The summed E-state index contributed by atoms with van der Waals surface area (Å²) in [6.07, 6.45) is 3.10. The Bertz CT molecular complexity index is 1330. The second-order valence-corrected chi connectivity index (χ2v) is 7.06. The first kappa shape index (κ1) is 21.7. The topological polar surface area (TPSA) is 89.8 Å². The lowest BCUT2D eigenvalue weighted by molar-refractivity contribution is -0.111. The minimum Gasteiger partial charge on any atom is -0.497 e. The Morgan fingerprint density at radius 1 is 0.879 bits per heavy atom. The molecule has 33 heavy (non-hydrogen) atoms. The Hall–Kier alpha value is -4.52. The highest BCUT2D eigenvalue weighted by atomic mass is 16.5. The number of carbonyl (C=O) groups is 2. The van der Waals surface area contributed by atoms with Crippen LogP contribution in [0.5, 0.6) is 11.5 Å². The number of anilines is 2. The molecular weight excluding hydrogens is 420 g/mol. The predicted molar refractivity (Wildman–Crippen MR) is 128 cm³/mol. The molecular formula is C26H22N2O5. The van der Waals surface area contributed by atoms with Crippen molar-refractivity contribution in [2.45, 2.75) is 0 Å². The van der Waals surface area contributed by atoms with Gasteiger partial charge in [0.25, 0.3) is 5.91 Å². The molecule has 166 valence electrons. The molecule has 2 N–H and O–H groups in total. The molecule has 0 unspecified atom stereocenters. The number of carbonyl (C=O) groups excluding carboxylic acids is 2. The molecule has 0 spiro atoms. The third kappa shape index (κ3) is 4.88. The molecule has 0 aliphatic rings. The van der Waals surface area contributed by atoms with Crippen molar-refractivity contribution >= 4 is 40.2 Å². The van der Waals surface area contributed by atoms with Crippen molar-refractivity contribution in [1.82, 2.24) is 0 Å². The minimum absolute atomic E-state index is 0.0180. The van der Waals surface area contributed by atoms with E-state index in [1.165, 1.54) is 13.2 Å². The summed E-state index contributed by atoms with van der Waals surface area (Å²) in [6.45, 7) is 0. The standard InChI is InChI=1S/C26H22N2O5/c1-31-18-13-14-20(22(16-18)32-2)27-26(30)25-24(19-10-6-7-11-21(19)33-25)28-23(29)15-12-17-8-4-3-5-9-17/h3-16H,1-2H3,(H,27,30)(H,28,29)/b15-12+. The Labute approximate surface area is 190 Å². The summed E-state index contributed by atoms with van der Waals surface area (Å²) < 4.78 is 16.3. The molecule has 0 aliphatic carbocycles. The maximum atomic E-state index is 13.1. The second-order valence-electron chi connectivity index (χ2n) is 7.06. The van der Waals surface area contributed by atoms with Crippen LogP contribution in [-0.4, -0.2) is 26.0 Å². The van der Waals surface area contributed by atoms with Crippen molar-refractivity contribution in [3.8, 4) is 11.5 Å². The zero-order chi connectivity index (χ0) is 23.2. The van der Waals surface area contributed by atoms with Gasteiger partial charge in [-0.3, -0.25) is 9.59 Å². The van der Waals surface area contributed by atoms with Gasteiger partial charge in [-0.05, 0) is 35.9 Å². The van der Waals surface area contributed by atoms with Crippen LogP contribution in [0.2, 0.25) is 0 Å². The van der Waals surface area contributed by atoms with Crippen LogP contribution in [0.3, 0.4) is 0 Å².